The summed E-state index contributed by atoms with van der Waals surface area (Å²) in [5.74, 6) is 0.479. The van der Waals surface area contributed by atoms with Gasteiger partial charge in [0.1, 0.15) is 6.04 Å². The normalized spacial score (nSPS) is 12.4. The number of hydrogen-bond acceptors (Lipinski definition) is 3. The van der Waals surface area contributed by atoms with E-state index in [0.29, 0.717) is 20.8 Å². The molecule has 1 N–H and O–H groups in total. The molecule has 0 aliphatic rings. The van der Waals surface area contributed by atoms with Crippen molar-refractivity contribution < 1.29 is 9.59 Å². The minimum atomic E-state index is -0.645. The molecule has 8 heteroatoms. The number of hydrogen-bond donors (Lipinski definition) is 1. The minimum absolute atomic E-state index is 0.137. The van der Waals surface area contributed by atoms with E-state index in [9.17, 15) is 9.59 Å². The summed E-state index contributed by atoms with van der Waals surface area (Å²) in [6.45, 7) is 7.71. The highest BCUT2D eigenvalue weighted by molar-refractivity contribution is 7.99. The highest BCUT2D eigenvalue weighted by Crippen LogP contribution is 2.25. The lowest BCUT2D eigenvalue weighted by Gasteiger charge is -2.31. The molecule has 0 aliphatic heterocycles. The van der Waals surface area contributed by atoms with Crippen LogP contribution in [0.5, 0.6) is 0 Å². The van der Waals surface area contributed by atoms with Crippen molar-refractivity contribution in [2.45, 2.75) is 51.6 Å². The Balaban J connectivity index is 2.12. The molecule has 1 atom stereocenters. The van der Waals surface area contributed by atoms with Crippen LogP contribution < -0.4 is 5.32 Å². The fourth-order valence-corrected chi connectivity index (χ4v) is 4.21. The van der Waals surface area contributed by atoms with Crippen molar-refractivity contribution in [3.63, 3.8) is 0 Å². The predicted molar refractivity (Wildman–Crippen MR) is 132 cm³/mol. The van der Waals surface area contributed by atoms with Gasteiger partial charge in [-0.2, -0.15) is 0 Å². The Morgan fingerprint density at radius 1 is 1.03 bits per heavy atom. The Labute approximate surface area is 203 Å². The molecule has 0 radical (unpaired) electrons. The Morgan fingerprint density at radius 2 is 1.71 bits per heavy atom. The number of carbonyl (C=O) groups excluding carboxylic acids is 2. The maximum absolute atomic E-state index is 13.1. The number of halogens is 3. The molecule has 0 unspecified atom stereocenters. The van der Waals surface area contributed by atoms with Crippen molar-refractivity contribution in [3.8, 4) is 0 Å². The molecule has 4 nitrogen and oxygen atoms in total. The van der Waals surface area contributed by atoms with Gasteiger partial charge in [-0.1, -0.05) is 59.1 Å². The van der Waals surface area contributed by atoms with Gasteiger partial charge < -0.3 is 10.2 Å². The first-order chi connectivity index (χ1) is 14.5. The molecule has 2 rings (SSSR count). The van der Waals surface area contributed by atoms with Gasteiger partial charge in [-0.3, -0.25) is 9.59 Å². The smallest absolute Gasteiger partial charge is 0.242 e. The summed E-state index contributed by atoms with van der Waals surface area (Å²) in [4.78, 5) is 27.5. The van der Waals surface area contributed by atoms with Gasteiger partial charge >= 0.3 is 0 Å². The van der Waals surface area contributed by atoms with Crippen LogP contribution in [0.1, 0.15) is 38.8 Å². The first-order valence-electron chi connectivity index (χ1n) is 9.84. The lowest BCUT2D eigenvalue weighted by Crippen LogP contribution is -2.52. The van der Waals surface area contributed by atoms with E-state index in [2.05, 4.69) is 5.32 Å². The maximum atomic E-state index is 13.1. The molecule has 0 heterocycles. The van der Waals surface area contributed by atoms with Crippen molar-refractivity contribution in [1.82, 2.24) is 10.2 Å². The van der Waals surface area contributed by atoms with Gasteiger partial charge in [0.25, 0.3) is 0 Å². The fraction of sp³-hybridized carbons (Fsp3) is 0.391. The first-order valence-corrected chi connectivity index (χ1v) is 12.1. The Kier molecular flexibility index (Phi) is 9.56. The van der Waals surface area contributed by atoms with Crippen LogP contribution in [0, 0.1) is 0 Å². The third-order valence-corrected chi connectivity index (χ3v) is 6.54. The van der Waals surface area contributed by atoms with Crippen LogP contribution in [0.15, 0.2) is 42.5 Å². The quantitative estimate of drug-likeness (QED) is 0.468. The molecule has 0 spiro atoms. The summed E-state index contributed by atoms with van der Waals surface area (Å²) in [6.07, 6.45) is 0. The molecule has 2 aromatic carbocycles. The Bertz CT molecular complexity index is 931. The van der Waals surface area contributed by atoms with Crippen LogP contribution in [0.3, 0.4) is 0 Å². The summed E-state index contributed by atoms with van der Waals surface area (Å²) in [7, 11) is 0. The third kappa shape index (κ3) is 8.23. The molecule has 2 aromatic rings. The van der Waals surface area contributed by atoms with Crippen LogP contribution in [0.4, 0.5) is 0 Å². The highest BCUT2D eigenvalue weighted by Gasteiger charge is 2.28. The molecule has 0 aliphatic carbocycles. The van der Waals surface area contributed by atoms with Crippen LogP contribution >= 0.6 is 46.6 Å². The topological polar surface area (TPSA) is 49.4 Å². The van der Waals surface area contributed by atoms with Gasteiger partial charge in [0.15, 0.2) is 0 Å². The van der Waals surface area contributed by atoms with Gasteiger partial charge in [-0.05, 0) is 57.0 Å². The zero-order valence-electron chi connectivity index (χ0n) is 18.0. The Hall–Kier alpha value is -1.40. The monoisotopic (exact) mass is 500 g/mol. The predicted octanol–water partition coefficient (Wildman–Crippen LogP) is 6.21. The van der Waals surface area contributed by atoms with E-state index >= 15 is 0 Å². The molecular formula is C23H27Cl3N2O2S. The summed E-state index contributed by atoms with van der Waals surface area (Å²) in [6, 6.07) is 12.1. The summed E-state index contributed by atoms with van der Waals surface area (Å²) >= 11 is 19.8. The largest absolute Gasteiger partial charge is 0.350 e. The summed E-state index contributed by atoms with van der Waals surface area (Å²) in [5.41, 5.74) is 1.37. The van der Waals surface area contributed by atoms with Crippen LogP contribution in [0.25, 0.3) is 0 Å². The molecule has 168 valence electrons. The van der Waals surface area contributed by atoms with Crippen molar-refractivity contribution in [2.24, 2.45) is 0 Å². The van der Waals surface area contributed by atoms with Crippen LogP contribution in [-0.2, 0) is 21.9 Å². The molecule has 0 saturated carbocycles. The molecule has 2 amide bonds. The SMILES string of the molecule is C[C@@H](C(=O)NC(C)(C)C)N(Cc1ccccc1Cl)C(=O)CSCc1ccc(Cl)c(Cl)c1. The van der Waals surface area contributed by atoms with Gasteiger partial charge in [0.2, 0.25) is 11.8 Å². The number of rotatable bonds is 8. The van der Waals surface area contributed by atoms with Crippen LogP contribution in [-0.4, -0.2) is 34.0 Å². The van der Waals surface area contributed by atoms with Crippen molar-refractivity contribution in [2.75, 3.05) is 5.75 Å². The molecule has 0 fully saturated rings. The van der Waals surface area contributed by atoms with E-state index in [1.165, 1.54) is 11.8 Å². The summed E-state index contributed by atoms with van der Waals surface area (Å²) in [5, 5.41) is 4.49. The van der Waals surface area contributed by atoms with E-state index in [0.717, 1.165) is 11.1 Å². The van der Waals surface area contributed by atoms with Gasteiger partial charge in [0.05, 0.1) is 15.8 Å². The van der Waals surface area contributed by atoms with Crippen molar-refractivity contribution in [1.29, 1.82) is 0 Å². The van der Waals surface area contributed by atoms with E-state index in [1.807, 2.05) is 45.0 Å². The van der Waals surface area contributed by atoms with Crippen molar-refractivity contribution in [3.05, 3.63) is 68.7 Å². The number of carbonyl (C=O) groups is 2. The first kappa shape index (κ1) is 25.9. The minimum Gasteiger partial charge on any atom is -0.350 e. The zero-order chi connectivity index (χ0) is 23.2. The summed E-state index contributed by atoms with van der Waals surface area (Å²) < 4.78 is 0. The van der Waals surface area contributed by atoms with Gasteiger partial charge in [-0.25, -0.2) is 0 Å². The second kappa shape index (κ2) is 11.5. The zero-order valence-corrected chi connectivity index (χ0v) is 21.1. The fourth-order valence-electron chi connectivity index (χ4n) is 2.84. The van der Waals surface area contributed by atoms with E-state index in [-0.39, 0.29) is 24.1 Å². The third-order valence-electron chi connectivity index (χ3n) is 4.44. The van der Waals surface area contributed by atoms with E-state index in [1.54, 1.807) is 30.0 Å². The molecule has 31 heavy (non-hydrogen) atoms. The Morgan fingerprint density at radius 3 is 2.32 bits per heavy atom. The lowest BCUT2D eigenvalue weighted by molar-refractivity contribution is -0.139. The van der Waals surface area contributed by atoms with Gasteiger partial charge in [0, 0.05) is 22.9 Å². The highest BCUT2D eigenvalue weighted by atomic mass is 35.5. The standard InChI is InChI=1S/C23H27Cl3N2O2S/c1-15(22(30)27-23(2,3)4)28(12-17-7-5-6-8-18(17)24)21(29)14-31-13-16-9-10-19(25)20(26)11-16/h5-11,15H,12-14H2,1-4H3,(H,27,30)/t15-/m0/s1. The second-order valence-corrected chi connectivity index (χ2v) is 10.5. The number of nitrogens with one attached hydrogen (secondary N) is 1. The molecule has 0 saturated heterocycles. The molecule has 0 aromatic heterocycles. The van der Waals surface area contributed by atoms with Crippen molar-refractivity contribution >= 4 is 58.4 Å². The van der Waals surface area contributed by atoms with Crippen LogP contribution in [0.2, 0.25) is 15.1 Å². The number of thioether (sulfide) groups is 1. The van der Waals surface area contributed by atoms with E-state index < -0.39 is 11.6 Å². The number of amides is 2. The maximum Gasteiger partial charge on any atom is 0.242 e. The van der Waals surface area contributed by atoms with Gasteiger partial charge in [-0.15, -0.1) is 11.8 Å². The number of benzene rings is 2. The number of nitrogens with zero attached hydrogens (tertiary/aromatic N) is 1. The lowest BCUT2D eigenvalue weighted by atomic mass is 10.1. The second-order valence-electron chi connectivity index (χ2n) is 8.27. The van der Waals surface area contributed by atoms with E-state index in [4.69, 9.17) is 34.8 Å². The average molecular weight is 502 g/mol. The average Bonchev–Trinajstić information content (AvgIpc) is 2.68. The molecule has 0 bridgehead atoms. The molecular weight excluding hydrogens is 475 g/mol.